The van der Waals surface area contributed by atoms with Crippen LogP contribution < -0.4 is 0 Å². The summed E-state index contributed by atoms with van der Waals surface area (Å²) in [6, 6.07) is 12.7. The summed E-state index contributed by atoms with van der Waals surface area (Å²) in [4.78, 5) is 5.18. The second-order valence-electron chi connectivity index (χ2n) is 3.91. The van der Waals surface area contributed by atoms with E-state index in [0.29, 0.717) is 0 Å². The predicted octanol–water partition coefficient (Wildman–Crippen LogP) is 4.62. The fourth-order valence-corrected chi connectivity index (χ4v) is 2.82. The summed E-state index contributed by atoms with van der Waals surface area (Å²) in [5.74, 6) is -0.208. The molecule has 0 aliphatic rings. The summed E-state index contributed by atoms with van der Waals surface area (Å²) >= 11 is 1.66. The smallest absolute Gasteiger partial charge is 0.123 e. The number of hydrogen-bond acceptors (Lipinski definition) is 2. The van der Waals surface area contributed by atoms with E-state index in [2.05, 4.69) is 16.4 Å². The van der Waals surface area contributed by atoms with E-state index in [1.54, 1.807) is 23.7 Å². The Labute approximate surface area is 109 Å². The molecule has 0 saturated heterocycles. The summed E-state index contributed by atoms with van der Waals surface area (Å²) in [5.41, 5.74) is 3.33. The Balaban J connectivity index is 2.10. The molecule has 0 atom stereocenters. The third kappa shape index (κ3) is 2.05. The summed E-state index contributed by atoms with van der Waals surface area (Å²) in [6.07, 6.45) is 3.56. The molecule has 0 fully saturated rings. The SMILES string of the molecule is Fc1ccc(-c2sccc2-c2ccncc2)cc1. The lowest BCUT2D eigenvalue weighted by Gasteiger charge is -2.04. The Bertz CT molecular complexity index is 644. The molecular weight excluding hydrogens is 245 g/mol. The largest absolute Gasteiger partial charge is 0.265 e. The topological polar surface area (TPSA) is 12.9 Å². The molecule has 0 unspecified atom stereocenters. The number of aromatic nitrogens is 1. The third-order valence-electron chi connectivity index (χ3n) is 2.76. The van der Waals surface area contributed by atoms with Crippen LogP contribution in [0.3, 0.4) is 0 Å². The van der Waals surface area contributed by atoms with E-state index >= 15 is 0 Å². The maximum Gasteiger partial charge on any atom is 0.123 e. The van der Waals surface area contributed by atoms with Crippen molar-refractivity contribution in [1.29, 1.82) is 0 Å². The van der Waals surface area contributed by atoms with Crippen LogP contribution in [0.1, 0.15) is 0 Å². The van der Waals surface area contributed by atoms with Crippen molar-refractivity contribution in [3.8, 4) is 21.6 Å². The highest BCUT2D eigenvalue weighted by Crippen LogP contribution is 2.36. The average Bonchev–Trinajstić information content (AvgIpc) is 2.90. The number of rotatable bonds is 2. The van der Waals surface area contributed by atoms with E-state index in [0.717, 1.165) is 21.6 Å². The van der Waals surface area contributed by atoms with Crippen molar-refractivity contribution < 1.29 is 4.39 Å². The van der Waals surface area contributed by atoms with E-state index in [9.17, 15) is 4.39 Å². The molecule has 0 aliphatic heterocycles. The van der Waals surface area contributed by atoms with Crippen LogP contribution in [0.5, 0.6) is 0 Å². The van der Waals surface area contributed by atoms with Gasteiger partial charge < -0.3 is 0 Å². The van der Waals surface area contributed by atoms with Crippen molar-refractivity contribution in [1.82, 2.24) is 4.98 Å². The molecule has 0 amide bonds. The number of nitrogens with zero attached hydrogens (tertiary/aromatic N) is 1. The van der Waals surface area contributed by atoms with Gasteiger partial charge >= 0.3 is 0 Å². The van der Waals surface area contributed by atoms with Crippen LogP contribution in [0.15, 0.2) is 60.2 Å². The molecule has 1 aromatic carbocycles. The minimum Gasteiger partial charge on any atom is -0.265 e. The van der Waals surface area contributed by atoms with Gasteiger partial charge in [0.25, 0.3) is 0 Å². The fraction of sp³-hybridized carbons (Fsp3) is 0. The third-order valence-corrected chi connectivity index (χ3v) is 3.73. The van der Waals surface area contributed by atoms with Gasteiger partial charge in [0.05, 0.1) is 0 Å². The lowest BCUT2D eigenvalue weighted by Crippen LogP contribution is -1.80. The zero-order chi connectivity index (χ0) is 12.4. The minimum absolute atomic E-state index is 0.208. The second-order valence-corrected chi connectivity index (χ2v) is 4.82. The van der Waals surface area contributed by atoms with Gasteiger partial charge in [-0.25, -0.2) is 4.39 Å². The average molecular weight is 255 g/mol. The van der Waals surface area contributed by atoms with Gasteiger partial charge in [-0.3, -0.25) is 4.98 Å². The van der Waals surface area contributed by atoms with E-state index in [-0.39, 0.29) is 5.82 Å². The number of pyridine rings is 1. The molecule has 0 bridgehead atoms. The maximum absolute atomic E-state index is 12.9. The van der Waals surface area contributed by atoms with Gasteiger partial charge in [0.15, 0.2) is 0 Å². The Morgan fingerprint density at radius 3 is 2.28 bits per heavy atom. The van der Waals surface area contributed by atoms with Gasteiger partial charge in [-0.1, -0.05) is 12.1 Å². The number of benzene rings is 1. The van der Waals surface area contributed by atoms with Crippen LogP contribution in [-0.2, 0) is 0 Å². The fourth-order valence-electron chi connectivity index (χ4n) is 1.89. The Kier molecular flexibility index (Phi) is 2.90. The molecule has 2 heterocycles. The van der Waals surface area contributed by atoms with E-state index < -0.39 is 0 Å². The molecule has 0 radical (unpaired) electrons. The molecule has 3 rings (SSSR count). The first-order valence-electron chi connectivity index (χ1n) is 5.58. The molecule has 0 aliphatic carbocycles. The van der Waals surface area contributed by atoms with Crippen LogP contribution in [-0.4, -0.2) is 4.98 Å². The van der Waals surface area contributed by atoms with Crippen molar-refractivity contribution in [2.24, 2.45) is 0 Å². The van der Waals surface area contributed by atoms with Gasteiger partial charge in [-0.15, -0.1) is 11.3 Å². The predicted molar refractivity (Wildman–Crippen MR) is 72.9 cm³/mol. The van der Waals surface area contributed by atoms with Gasteiger partial charge in [-0.05, 0) is 46.8 Å². The van der Waals surface area contributed by atoms with Gasteiger partial charge in [-0.2, -0.15) is 0 Å². The van der Waals surface area contributed by atoms with Gasteiger partial charge in [0.1, 0.15) is 5.82 Å². The first-order valence-corrected chi connectivity index (χ1v) is 6.46. The molecule has 2 aromatic heterocycles. The maximum atomic E-state index is 12.9. The second kappa shape index (κ2) is 4.70. The van der Waals surface area contributed by atoms with Crippen molar-refractivity contribution in [3.05, 3.63) is 66.1 Å². The van der Waals surface area contributed by atoms with Gasteiger partial charge in [0.2, 0.25) is 0 Å². The highest BCUT2D eigenvalue weighted by Gasteiger charge is 2.08. The zero-order valence-corrected chi connectivity index (χ0v) is 10.3. The zero-order valence-electron chi connectivity index (χ0n) is 9.51. The standard InChI is InChI=1S/C15H10FNS/c16-13-3-1-12(2-4-13)15-14(7-10-18-15)11-5-8-17-9-6-11/h1-10H. The molecule has 3 heteroatoms. The first kappa shape index (κ1) is 11.1. The van der Waals surface area contributed by atoms with E-state index in [1.807, 2.05) is 24.3 Å². The van der Waals surface area contributed by atoms with Gasteiger partial charge in [0, 0.05) is 22.8 Å². The Hall–Kier alpha value is -2.00. The molecule has 3 aromatic rings. The highest BCUT2D eigenvalue weighted by molar-refractivity contribution is 7.14. The van der Waals surface area contributed by atoms with E-state index in [1.165, 1.54) is 12.1 Å². The first-order chi connectivity index (χ1) is 8.84. The van der Waals surface area contributed by atoms with Crippen LogP contribution in [0.2, 0.25) is 0 Å². The van der Waals surface area contributed by atoms with Crippen molar-refractivity contribution >= 4 is 11.3 Å². The van der Waals surface area contributed by atoms with Crippen LogP contribution in [0.25, 0.3) is 21.6 Å². The summed E-state index contributed by atoms with van der Waals surface area (Å²) in [7, 11) is 0. The number of hydrogen-bond donors (Lipinski definition) is 0. The van der Waals surface area contributed by atoms with Crippen LogP contribution in [0, 0.1) is 5.82 Å². The normalized spacial score (nSPS) is 10.5. The molecule has 18 heavy (non-hydrogen) atoms. The lowest BCUT2D eigenvalue weighted by atomic mass is 10.0. The van der Waals surface area contributed by atoms with Crippen LogP contribution in [0.4, 0.5) is 4.39 Å². The number of halogens is 1. The van der Waals surface area contributed by atoms with Crippen molar-refractivity contribution in [3.63, 3.8) is 0 Å². The van der Waals surface area contributed by atoms with E-state index in [4.69, 9.17) is 0 Å². The molecule has 1 nitrogen and oxygen atoms in total. The Morgan fingerprint density at radius 2 is 1.56 bits per heavy atom. The monoisotopic (exact) mass is 255 g/mol. The van der Waals surface area contributed by atoms with Crippen molar-refractivity contribution in [2.75, 3.05) is 0 Å². The summed E-state index contributed by atoms with van der Waals surface area (Å²) in [5, 5.41) is 2.05. The van der Waals surface area contributed by atoms with Crippen molar-refractivity contribution in [2.45, 2.75) is 0 Å². The highest BCUT2D eigenvalue weighted by atomic mass is 32.1. The lowest BCUT2D eigenvalue weighted by molar-refractivity contribution is 0.628. The minimum atomic E-state index is -0.208. The quantitative estimate of drug-likeness (QED) is 0.651. The summed E-state index contributed by atoms with van der Waals surface area (Å²) < 4.78 is 12.9. The molecule has 88 valence electrons. The molecule has 0 N–H and O–H groups in total. The van der Waals surface area contributed by atoms with Crippen LogP contribution >= 0.6 is 11.3 Å². The molecule has 0 spiro atoms. The number of thiophene rings is 1. The summed E-state index contributed by atoms with van der Waals surface area (Å²) in [6.45, 7) is 0. The molecule has 0 saturated carbocycles. The Morgan fingerprint density at radius 1 is 0.833 bits per heavy atom. The molecular formula is C15H10FNS.